The van der Waals surface area contributed by atoms with Gasteiger partial charge in [-0.2, -0.15) is 0 Å². The van der Waals surface area contributed by atoms with E-state index >= 15 is 0 Å². The first-order valence-electron chi connectivity index (χ1n) is 6.41. The van der Waals surface area contributed by atoms with Crippen LogP contribution in [-0.4, -0.2) is 36.7 Å². The van der Waals surface area contributed by atoms with Gasteiger partial charge >= 0.3 is 5.97 Å². The van der Waals surface area contributed by atoms with Crippen molar-refractivity contribution in [3.63, 3.8) is 0 Å². The van der Waals surface area contributed by atoms with E-state index < -0.39 is 17.4 Å². The fourth-order valence-electron chi connectivity index (χ4n) is 2.27. The molecule has 114 valence electrons. The molecule has 1 saturated carbocycles. The average Bonchev–Trinajstić information content (AvgIpc) is 2.41. The highest BCUT2D eigenvalue weighted by molar-refractivity contribution is 9.10. The Balaban J connectivity index is 2.34. The summed E-state index contributed by atoms with van der Waals surface area (Å²) in [7, 11) is 2.93. The third kappa shape index (κ3) is 2.83. The van der Waals surface area contributed by atoms with Crippen LogP contribution in [0, 0.1) is 0 Å². The Morgan fingerprint density at radius 2 is 1.95 bits per heavy atom. The van der Waals surface area contributed by atoms with Crippen molar-refractivity contribution in [3.8, 4) is 11.5 Å². The molecule has 0 bridgehead atoms. The van der Waals surface area contributed by atoms with Crippen molar-refractivity contribution in [1.82, 2.24) is 5.32 Å². The topological polar surface area (TPSA) is 84.9 Å². The lowest BCUT2D eigenvalue weighted by Crippen LogP contribution is -2.59. The van der Waals surface area contributed by atoms with E-state index in [1.165, 1.54) is 20.3 Å². The van der Waals surface area contributed by atoms with Gasteiger partial charge in [0.05, 0.1) is 24.3 Å². The molecule has 0 saturated heterocycles. The fourth-order valence-corrected chi connectivity index (χ4v) is 2.87. The number of benzene rings is 1. The van der Waals surface area contributed by atoms with Gasteiger partial charge in [-0.1, -0.05) is 0 Å². The van der Waals surface area contributed by atoms with Gasteiger partial charge < -0.3 is 19.9 Å². The van der Waals surface area contributed by atoms with Crippen LogP contribution in [0.25, 0.3) is 0 Å². The predicted molar refractivity (Wildman–Crippen MR) is 78.9 cm³/mol. The number of nitrogens with one attached hydrogen (secondary N) is 1. The minimum absolute atomic E-state index is 0.233. The van der Waals surface area contributed by atoms with Crippen molar-refractivity contribution in [2.45, 2.75) is 24.8 Å². The summed E-state index contributed by atoms with van der Waals surface area (Å²) in [5.41, 5.74) is -0.936. The third-order valence-electron chi connectivity index (χ3n) is 3.67. The summed E-state index contributed by atoms with van der Waals surface area (Å²) in [5.74, 6) is -0.685. The highest BCUT2D eigenvalue weighted by atomic mass is 79.9. The molecule has 1 fully saturated rings. The molecular weight excluding hydrogens is 342 g/mol. The largest absolute Gasteiger partial charge is 0.497 e. The average molecular weight is 358 g/mol. The number of carbonyl (C=O) groups is 2. The SMILES string of the molecule is COc1cc(Br)c(OC)c(C(=O)NC2(C(=O)O)CCC2)c1. The van der Waals surface area contributed by atoms with Crippen molar-refractivity contribution in [1.29, 1.82) is 0 Å². The molecule has 2 rings (SSSR count). The number of carboxylic acids is 1. The van der Waals surface area contributed by atoms with Gasteiger partial charge in [-0.15, -0.1) is 0 Å². The molecule has 0 atom stereocenters. The standard InChI is InChI=1S/C14H16BrNO5/c1-20-8-6-9(11(21-2)10(15)7-8)12(17)16-14(13(18)19)4-3-5-14/h6-7H,3-5H2,1-2H3,(H,16,17)(H,18,19). The summed E-state index contributed by atoms with van der Waals surface area (Å²) < 4.78 is 10.9. The highest BCUT2D eigenvalue weighted by Gasteiger charge is 2.46. The van der Waals surface area contributed by atoms with Gasteiger partial charge in [0, 0.05) is 0 Å². The maximum atomic E-state index is 12.4. The van der Waals surface area contributed by atoms with Crippen LogP contribution >= 0.6 is 15.9 Å². The van der Waals surface area contributed by atoms with E-state index in [0.717, 1.165) is 6.42 Å². The monoisotopic (exact) mass is 357 g/mol. The van der Waals surface area contributed by atoms with Crippen molar-refractivity contribution < 1.29 is 24.2 Å². The highest BCUT2D eigenvalue weighted by Crippen LogP contribution is 2.36. The Kier molecular flexibility index (Phi) is 4.41. The van der Waals surface area contributed by atoms with E-state index in [4.69, 9.17) is 9.47 Å². The van der Waals surface area contributed by atoms with Gasteiger partial charge in [0.15, 0.2) is 0 Å². The van der Waals surface area contributed by atoms with Crippen LogP contribution in [0.2, 0.25) is 0 Å². The molecule has 7 heteroatoms. The van der Waals surface area contributed by atoms with Crippen molar-refractivity contribution in [2.75, 3.05) is 14.2 Å². The zero-order chi connectivity index (χ0) is 15.6. The maximum absolute atomic E-state index is 12.4. The number of methoxy groups -OCH3 is 2. The van der Waals surface area contributed by atoms with E-state index in [-0.39, 0.29) is 5.56 Å². The van der Waals surface area contributed by atoms with Crippen LogP contribution in [-0.2, 0) is 4.79 Å². The zero-order valence-corrected chi connectivity index (χ0v) is 13.3. The molecule has 0 radical (unpaired) electrons. The van der Waals surface area contributed by atoms with E-state index in [9.17, 15) is 14.7 Å². The Morgan fingerprint density at radius 3 is 2.38 bits per heavy atom. The predicted octanol–water partition coefficient (Wildman–Crippen LogP) is 2.20. The van der Waals surface area contributed by atoms with Gasteiger partial charge in [-0.05, 0) is 47.3 Å². The normalized spacial score (nSPS) is 15.8. The molecule has 0 aliphatic heterocycles. The number of ether oxygens (including phenoxy) is 2. The fraction of sp³-hybridized carbons (Fsp3) is 0.429. The molecule has 21 heavy (non-hydrogen) atoms. The van der Waals surface area contributed by atoms with Gasteiger partial charge in [-0.3, -0.25) is 4.79 Å². The minimum Gasteiger partial charge on any atom is -0.497 e. The molecule has 2 N–H and O–H groups in total. The van der Waals surface area contributed by atoms with Crippen molar-refractivity contribution in [3.05, 3.63) is 22.2 Å². The number of carbonyl (C=O) groups excluding carboxylic acids is 1. The van der Waals surface area contributed by atoms with Gasteiger partial charge in [0.25, 0.3) is 5.91 Å². The Hall–Kier alpha value is -1.76. The smallest absolute Gasteiger partial charge is 0.329 e. The molecule has 0 spiro atoms. The molecular formula is C14H16BrNO5. The zero-order valence-electron chi connectivity index (χ0n) is 11.7. The van der Waals surface area contributed by atoms with Crippen LogP contribution in [0.5, 0.6) is 11.5 Å². The van der Waals surface area contributed by atoms with Crippen molar-refractivity contribution in [2.24, 2.45) is 0 Å². The number of hydrogen-bond acceptors (Lipinski definition) is 4. The summed E-state index contributed by atoms with van der Waals surface area (Å²) >= 11 is 3.31. The summed E-state index contributed by atoms with van der Waals surface area (Å²) in [6.45, 7) is 0. The Bertz CT molecular complexity index is 583. The summed E-state index contributed by atoms with van der Waals surface area (Å²) in [6.07, 6.45) is 1.65. The first kappa shape index (κ1) is 15.6. The number of amides is 1. The van der Waals surface area contributed by atoms with Crippen LogP contribution in [0.15, 0.2) is 16.6 Å². The van der Waals surface area contributed by atoms with Crippen LogP contribution in [0.3, 0.4) is 0 Å². The van der Waals surface area contributed by atoms with Gasteiger partial charge in [-0.25, -0.2) is 4.79 Å². The van der Waals surface area contributed by atoms with Crippen LogP contribution < -0.4 is 14.8 Å². The third-order valence-corrected chi connectivity index (χ3v) is 4.26. The van der Waals surface area contributed by atoms with Crippen LogP contribution in [0.4, 0.5) is 0 Å². The first-order valence-corrected chi connectivity index (χ1v) is 7.20. The quantitative estimate of drug-likeness (QED) is 0.843. The molecule has 1 aromatic carbocycles. The lowest BCUT2D eigenvalue weighted by atomic mass is 9.76. The second-order valence-corrected chi connectivity index (χ2v) is 5.74. The molecule has 0 aromatic heterocycles. The summed E-state index contributed by atoms with van der Waals surface area (Å²) in [6, 6.07) is 3.19. The van der Waals surface area contributed by atoms with E-state index in [1.807, 2.05) is 0 Å². The second kappa shape index (κ2) is 5.93. The molecule has 1 aliphatic carbocycles. The minimum atomic E-state index is -1.17. The maximum Gasteiger partial charge on any atom is 0.329 e. The number of halogens is 1. The van der Waals surface area contributed by atoms with Gasteiger partial charge in [0.1, 0.15) is 17.0 Å². The van der Waals surface area contributed by atoms with Crippen molar-refractivity contribution >= 4 is 27.8 Å². The number of aliphatic carboxylic acids is 1. The lowest BCUT2D eigenvalue weighted by Gasteiger charge is -2.38. The molecule has 0 unspecified atom stereocenters. The lowest BCUT2D eigenvalue weighted by molar-refractivity contribution is -0.148. The van der Waals surface area contributed by atoms with E-state index in [0.29, 0.717) is 28.8 Å². The summed E-state index contributed by atoms with van der Waals surface area (Å²) in [4.78, 5) is 23.8. The molecule has 1 amide bonds. The first-order chi connectivity index (χ1) is 9.93. The van der Waals surface area contributed by atoms with Gasteiger partial charge in [0.2, 0.25) is 0 Å². The number of hydrogen-bond donors (Lipinski definition) is 2. The number of rotatable bonds is 5. The van der Waals surface area contributed by atoms with E-state index in [2.05, 4.69) is 21.2 Å². The molecule has 6 nitrogen and oxygen atoms in total. The number of carboxylic acid groups (broad SMARTS) is 1. The molecule has 1 aromatic rings. The molecule has 1 aliphatic rings. The molecule has 0 heterocycles. The second-order valence-electron chi connectivity index (χ2n) is 4.88. The summed E-state index contributed by atoms with van der Waals surface area (Å²) in [5, 5.41) is 11.9. The Labute approximate surface area is 130 Å². The van der Waals surface area contributed by atoms with E-state index in [1.54, 1.807) is 6.07 Å². The Morgan fingerprint density at radius 1 is 1.29 bits per heavy atom. The van der Waals surface area contributed by atoms with Crippen LogP contribution in [0.1, 0.15) is 29.6 Å².